The first-order valence-corrected chi connectivity index (χ1v) is 8.85. The van der Waals surface area contributed by atoms with Gasteiger partial charge in [-0.05, 0) is 72.0 Å². The van der Waals surface area contributed by atoms with E-state index in [9.17, 15) is 4.79 Å². The second-order valence-electron chi connectivity index (χ2n) is 7.66. The van der Waals surface area contributed by atoms with Gasteiger partial charge in [-0.25, -0.2) is 4.79 Å². The van der Waals surface area contributed by atoms with Gasteiger partial charge in [-0.15, -0.1) is 0 Å². The lowest BCUT2D eigenvalue weighted by Crippen LogP contribution is -2.43. The van der Waals surface area contributed by atoms with Gasteiger partial charge >= 0.3 is 6.09 Å². The van der Waals surface area contributed by atoms with Gasteiger partial charge in [0.15, 0.2) is 0 Å². The molecule has 0 bridgehead atoms. The van der Waals surface area contributed by atoms with E-state index in [0.717, 1.165) is 39.0 Å². The second-order valence-corrected chi connectivity index (χ2v) is 7.66. The molecule has 2 saturated heterocycles. The minimum absolute atomic E-state index is 0.159. The van der Waals surface area contributed by atoms with Gasteiger partial charge in [-0.2, -0.15) is 0 Å². The van der Waals surface area contributed by atoms with Crippen LogP contribution < -0.4 is 5.32 Å². The fourth-order valence-corrected chi connectivity index (χ4v) is 3.20. The number of likely N-dealkylation sites (tertiary alicyclic amines) is 2. The predicted molar refractivity (Wildman–Crippen MR) is 89.1 cm³/mol. The average molecular weight is 311 g/mol. The number of nitrogens with one attached hydrogen (secondary N) is 1. The number of hydrogen-bond acceptors (Lipinski definition) is 4. The summed E-state index contributed by atoms with van der Waals surface area (Å²) in [6.07, 6.45) is 4.73. The molecule has 2 rings (SSSR count). The zero-order valence-electron chi connectivity index (χ0n) is 14.6. The van der Waals surface area contributed by atoms with Crippen molar-refractivity contribution in [3.8, 4) is 0 Å². The maximum Gasteiger partial charge on any atom is 0.410 e. The van der Waals surface area contributed by atoms with Gasteiger partial charge in [-0.3, -0.25) is 0 Å². The van der Waals surface area contributed by atoms with Crippen molar-refractivity contribution < 1.29 is 9.53 Å². The van der Waals surface area contributed by atoms with Crippen LogP contribution in [0.2, 0.25) is 0 Å². The first-order chi connectivity index (χ1) is 10.4. The summed E-state index contributed by atoms with van der Waals surface area (Å²) in [6, 6.07) is 0. The van der Waals surface area contributed by atoms with Crippen LogP contribution in [0.25, 0.3) is 0 Å². The van der Waals surface area contributed by atoms with E-state index in [-0.39, 0.29) is 6.09 Å². The van der Waals surface area contributed by atoms with Crippen LogP contribution in [-0.2, 0) is 4.74 Å². The molecule has 2 aliphatic rings. The van der Waals surface area contributed by atoms with Gasteiger partial charge in [0, 0.05) is 26.2 Å². The summed E-state index contributed by atoms with van der Waals surface area (Å²) in [6.45, 7) is 13.3. The number of ether oxygens (including phenoxy) is 1. The second kappa shape index (κ2) is 8.16. The van der Waals surface area contributed by atoms with Crippen LogP contribution in [-0.4, -0.2) is 67.3 Å². The van der Waals surface area contributed by atoms with Crippen molar-refractivity contribution >= 4 is 6.09 Å². The van der Waals surface area contributed by atoms with Gasteiger partial charge < -0.3 is 19.9 Å². The Morgan fingerprint density at radius 3 is 2.36 bits per heavy atom. The number of hydrogen-bond donors (Lipinski definition) is 1. The molecule has 0 aliphatic carbocycles. The third-order valence-corrected chi connectivity index (χ3v) is 4.50. The highest BCUT2D eigenvalue weighted by molar-refractivity contribution is 5.68. The first-order valence-electron chi connectivity index (χ1n) is 8.85. The molecular formula is C17H33N3O2. The number of amides is 1. The number of rotatable bonds is 5. The molecule has 0 aromatic rings. The molecule has 128 valence electrons. The highest BCUT2D eigenvalue weighted by Crippen LogP contribution is 2.19. The van der Waals surface area contributed by atoms with Gasteiger partial charge in [0.25, 0.3) is 0 Å². The van der Waals surface area contributed by atoms with E-state index in [2.05, 4.69) is 10.2 Å². The SMILES string of the molecule is CC(C)(C)OC(=O)N1CCC(CNCCN2CCCC2)CC1. The summed E-state index contributed by atoms with van der Waals surface area (Å²) in [4.78, 5) is 16.4. The Kier molecular flexibility index (Phi) is 6.50. The van der Waals surface area contributed by atoms with Crippen LogP contribution in [0.1, 0.15) is 46.5 Å². The Morgan fingerprint density at radius 2 is 1.77 bits per heavy atom. The van der Waals surface area contributed by atoms with Crippen LogP contribution >= 0.6 is 0 Å². The molecule has 5 heteroatoms. The lowest BCUT2D eigenvalue weighted by molar-refractivity contribution is 0.0184. The lowest BCUT2D eigenvalue weighted by atomic mass is 9.97. The molecule has 0 spiro atoms. The van der Waals surface area contributed by atoms with E-state index in [4.69, 9.17) is 4.74 Å². The van der Waals surface area contributed by atoms with Crippen molar-refractivity contribution in [3.63, 3.8) is 0 Å². The predicted octanol–water partition coefficient (Wildman–Crippen LogP) is 2.32. The molecule has 22 heavy (non-hydrogen) atoms. The Labute approximate surface area is 135 Å². The van der Waals surface area contributed by atoms with E-state index in [0.29, 0.717) is 5.92 Å². The van der Waals surface area contributed by atoms with Crippen molar-refractivity contribution in [1.29, 1.82) is 0 Å². The van der Waals surface area contributed by atoms with Crippen molar-refractivity contribution in [1.82, 2.24) is 15.1 Å². The molecule has 0 aromatic heterocycles. The summed E-state index contributed by atoms with van der Waals surface area (Å²) in [7, 11) is 0. The third kappa shape index (κ3) is 6.13. The smallest absolute Gasteiger partial charge is 0.410 e. The normalized spacial score (nSPS) is 21.3. The van der Waals surface area contributed by atoms with Gasteiger partial charge in [0.05, 0.1) is 0 Å². The molecule has 0 radical (unpaired) electrons. The summed E-state index contributed by atoms with van der Waals surface area (Å²) < 4.78 is 5.43. The van der Waals surface area contributed by atoms with Crippen LogP contribution in [0.15, 0.2) is 0 Å². The maximum atomic E-state index is 12.0. The zero-order chi connectivity index (χ0) is 16.0. The Hall–Kier alpha value is -0.810. The molecule has 0 saturated carbocycles. The minimum atomic E-state index is -0.398. The highest BCUT2D eigenvalue weighted by Gasteiger charge is 2.26. The van der Waals surface area contributed by atoms with Crippen molar-refractivity contribution in [3.05, 3.63) is 0 Å². The lowest BCUT2D eigenvalue weighted by Gasteiger charge is -2.33. The molecule has 5 nitrogen and oxygen atoms in total. The van der Waals surface area contributed by atoms with Crippen LogP contribution in [0, 0.1) is 5.92 Å². The molecule has 1 N–H and O–H groups in total. The summed E-state index contributed by atoms with van der Waals surface area (Å²) >= 11 is 0. The van der Waals surface area contributed by atoms with Crippen molar-refractivity contribution in [2.75, 3.05) is 45.8 Å². The molecular weight excluding hydrogens is 278 g/mol. The largest absolute Gasteiger partial charge is 0.444 e. The molecule has 0 unspecified atom stereocenters. The fourth-order valence-electron chi connectivity index (χ4n) is 3.20. The number of carbonyl (C=O) groups is 1. The van der Waals surface area contributed by atoms with Gasteiger partial charge in [0.2, 0.25) is 0 Å². The number of nitrogens with zero attached hydrogens (tertiary/aromatic N) is 2. The van der Waals surface area contributed by atoms with Crippen molar-refractivity contribution in [2.45, 2.75) is 52.1 Å². The molecule has 1 amide bonds. The third-order valence-electron chi connectivity index (χ3n) is 4.50. The van der Waals surface area contributed by atoms with E-state index < -0.39 is 5.60 Å². The van der Waals surface area contributed by atoms with Gasteiger partial charge in [0.1, 0.15) is 5.60 Å². The number of piperidine rings is 1. The molecule has 2 fully saturated rings. The van der Waals surface area contributed by atoms with Crippen LogP contribution in [0.3, 0.4) is 0 Å². The fraction of sp³-hybridized carbons (Fsp3) is 0.941. The average Bonchev–Trinajstić information content (AvgIpc) is 2.95. The van der Waals surface area contributed by atoms with E-state index in [1.54, 1.807) is 0 Å². The quantitative estimate of drug-likeness (QED) is 0.792. The van der Waals surface area contributed by atoms with Crippen LogP contribution in [0.4, 0.5) is 4.79 Å². The summed E-state index contributed by atoms with van der Waals surface area (Å²) in [5.74, 6) is 0.692. The van der Waals surface area contributed by atoms with Gasteiger partial charge in [-0.1, -0.05) is 0 Å². The van der Waals surface area contributed by atoms with E-state index >= 15 is 0 Å². The highest BCUT2D eigenvalue weighted by atomic mass is 16.6. The first kappa shape index (κ1) is 17.5. The Balaban J connectivity index is 1.55. The monoisotopic (exact) mass is 311 g/mol. The summed E-state index contributed by atoms with van der Waals surface area (Å²) in [5.41, 5.74) is -0.398. The minimum Gasteiger partial charge on any atom is -0.444 e. The van der Waals surface area contributed by atoms with E-state index in [1.807, 2.05) is 25.7 Å². The standard InChI is InChI=1S/C17H33N3O2/c1-17(2,3)22-16(21)20-11-6-15(7-12-20)14-18-8-13-19-9-4-5-10-19/h15,18H,4-14H2,1-3H3. The Morgan fingerprint density at radius 1 is 1.14 bits per heavy atom. The zero-order valence-corrected chi connectivity index (χ0v) is 14.6. The van der Waals surface area contributed by atoms with E-state index in [1.165, 1.54) is 32.5 Å². The number of carbonyl (C=O) groups excluding carboxylic acids is 1. The topological polar surface area (TPSA) is 44.8 Å². The molecule has 0 atom stereocenters. The molecule has 2 heterocycles. The summed E-state index contributed by atoms with van der Waals surface area (Å²) in [5, 5.41) is 3.59. The maximum absolute atomic E-state index is 12.0. The molecule has 2 aliphatic heterocycles. The molecule has 0 aromatic carbocycles. The van der Waals surface area contributed by atoms with Crippen LogP contribution in [0.5, 0.6) is 0 Å². The van der Waals surface area contributed by atoms with Crippen molar-refractivity contribution in [2.24, 2.45) is 5.92 Å². The Bertz CT molecular complexity index is 340.